The van der Waals surface area contributed by atoms with Gasteiger partial charge in [-0.3, -0.25) is 14.6 Å². The number of β-amino-alcohol motifs (C(OH)–C–C–N with tert-alkyl or cyclic N) is 1. The van der Waals surface area contributed by atoms with Crippen LogP contribution in [0, 0.1) is 6.92 Å². The van der Waals surface area contributed by atoms with E-state index in [1.807, 2.05) is 38.1 Å². The molecule has 132 valence electrons. The Kier molecular flexibility index (Phi) is 6.54. The van der Waals surface area contributed by atoms with E-state index in [0.29, 0.717) is 19.6 Å². The first kappa shape index (κ1) is 18.6. The molecule has 1 aliphatic rings. The first-order valence-electron chi connectivity index (χ1n) is 8.52. The highest BCUT2D eigenvalue weighted by atomic mass is 16.3. The lowest BCUT2D eigenvalue weighted by Gasteiger charge is -2.38. The van der Waals surface area contributed by atoms with Crippen LogP contribution in [0.5, 0.6) is 0 Å². The fourth-order valence-electron chi connectivity index (χ4n) is 2.99. The molecule has 2 N–H and O–H groups in total. The van der Waals surface area contributed by atoms with Crippen LogP contribution in [0.2, 0.25) is 0 Å². The number of piperazine rings is 1. The summed E-state index contributed by atoms with van der Waals surface area (Å²) in [5.74, 6) is 0.0370. The summed E-state index contributed by atoms with van der Waals surface area (Å²) >= 11 is 0. The topological polar surface area (TPSA) is 55.8 Å². The van der Waals surface area contributed by atoms with Gasteiger partial charge < -0.3 is 10.4 Å². The van der Waals surface area contributed by atoms with Crippen LogP contribution >= 0.6 is 0 Å². The van der Waals surface area contributed by atoms with Gasteiger partial charge in [-0.15, -0.1) is 6.58 Å². The molecular formula is C19H29N3O2. The zero-order valence-corrected chi connectivity index (χ0v) is 14.8. The lowest BCUT2D eigenvalue weighted by atomic mass is 9.94. The van der Waals surface area contributed by atoms with E-state index in [4.69, 9.17) is 0 Å². The van der Waals surface area contributed by atoms with Gasteiger partial charge in [0, 0.05) is 39.3 Å². The van der Waals surface area contributed by atoms with Crippen molar-refractivity contribution in [2.45, 2.75) is 19.4 Å². The largest absolute Gasteiger partial charge is 0.384 e. The fraction of sp³-hybridized carbons (Fsp3) is 0.526. The minimum Gasteiger partial charge on any atom is -0.384 e. The Balaban J connectivity index is 1.80. The number of aryl methyl sites for hydroxylation is 1. The monoisotopic (exact) mass is 331 g/mol. The van der Waals surface area contributed by atoms with Crippen LogP contribution in [0.1, 0.15) is 18.1 Å². The van der Waals surface area contributed by atoms with Gasteiger partial charge in [-0.25, -0.2) is 0 Å². The second kappa shape index (κ2) is 8.42. The Hall–Kier alpha value is -1.69. The lowest BCUT2D eigenvalue weighted by Crippen LogP contribution is -2.52. The predicted molar refractivity (Wildman–Crippen MR) is 96.8 cm³/mol. The molecule has 5 heteroatoms. The molecule has 1 aromatic carbocycles. The molecule has 1 amide bonds. The van der Waals surface area contributed by atoms with Crippen molar-refractivity contribution in [2.24, 2.45) is 0 Å². The molecule has 0 bridgehead atoms. The van der Waals surface area contributed by atoms with E-state index in [0.717, 1.165) is 31.7 Å². The summed E-state index contributed by atoms with van der Waals surface area (Å²) in [6, 6.07) is 8.05. The summed E-state index contributed by atoms with van der Waals surface area (Å²) in [4.78, 5) is 16.1. The zero-order chi connectivity index (χ0) is 17.6. The number of carbonyl (C=O) groups excluding carboxylic acids is 1. The number of nitrogens with one attached hydrogen (secondary N) is 1. The van der Waals surface area contributed by atoms with Gasteiger partial charge in [0.15, 0.2) is 0 Å². The van der Waals surface area contributed by atoms with Gasteiger partial charge in [-0.2, -0.15) is 0 Å². The van der Waals surface area contributed by atoms with E-state index in [9.17, 15) is 9.90 Å². The van der Waals surface area contributed by atoms with Gasteiger partial charge in [0.05, 0.1) is 12.1 Å². The Bertz CT molecular complexity index is 546. The van der Waals surface area contributed by atoms with E-state index < -0.39 is 5.60 Å². The Morgan fingerprint density at radius 1 is 1.25 bits per heavy atom. The van der Waals surface area contributed by atoms with Crippen molar-refractivity contribution in [3.05, 3.63) is 48.0 Å². The maximum Gasteiger partial charge on any atom is 0.234 e. The predicted octanol–water partition coefficient (Wildman–Crippen LogP) is 1.12. The first-order chi connectivity index (χ1) is 11.4. The Labute approximate surface area is 145 Å². The molecule has 1 fully saturated rings. The van der Waals surface area contributed by atoms with Crippen LogP contribution in [0.25, 0.3) is 0 Å². The summed E-state index contributed by atoms with van der Waals surface area (Å²) in [5, 5.41) is 13.6. The van der Waals surface area contributed by atoms with Gasteiger partial charge in [0.1, 0.15) is 0 Å². The highest BCUT2D eigenvalue weighted by Crippen LogP contribution is 2.22. The molecule has 0 aromatic heterocycles. The molecule has 1 unspecified atom stereocenters. The first-order valence-corrected chi connectivity index (χ1v) is 8.52. The number of rotatable bonds is 7. The van der Waals surface area contributed by atoms with Crippen LogP contribution < -0.4 is 5.32 Å². The standard InChI is InChI=1S/C19H29N3O2/c1-4-9-20-18(23)14-21-10-12-22(13-11-21)15-19(3,24)17-7-5-16(2)6-8-17/h4-8,24H,1,9-15H2,2-3H3,(H,20,23). The number of hydrogen-bond acceptors (Lipinski definition) is 4. The van der Waals surface area contributed by atoms with Crippen LogP contribution in [0.15, 0.2) is 36.9 Å². The molecule has 1 aromatic rings. The highest BCUT2D eigenvalue weighted by molar-refractivity contribution is 5.78. The molecule has 2 rings (SSSR count). The van der Waals surface area contributed by atoms with Gasteiger partial charge in [0.25, 0.3) is 0 Å². The van der Waals surface area contributed by atoms with Crippen LogP contribution in [-0.4, -0.2) is 66.6 Å². The Morgan fingerprint density at radius 2 is 1.83 bits per heavy atom. The van der Waals surface area contributed by atoms with E-state index in [1.165, 1.54) is 5.56 Å². The van der Waals surface area contributed by atoms with Crippen molar-refractivity contribution >= 4 is 5.91 Å². The number of carbonyl (C=O) groups is 1. The Morgan fingerprint density at radius 3 is 2.42 bits per heavy atom. The fourth-order valence-corrected chi connectivity index (χ4v) is 2.99. The van der Waals surface area contributed by atoms with E-state index in [2.05, 4.69) is 21.7 Å². The number of aliphatic hydroxyl groups is 1. The molecule has 1 aliphatic heterocycles. The zero-order valence-electron chi connectivity index (χ0n) is 14.8. The van der Waals surface area contributed by atoms with Crippen molar-refractivity contribution in [1.29, 1.82) is 0 Å². The number of benzene rings is 1. The molecule has 5 nitrogen and oxygen atoms in total. The average molecular weight is 331 g/mol. The van der Waals surface area contributed by atoms with E-state index >= 15 is 0 Å². The van der Waals surface area contributed by atoms with Crippen LogP contribution in [-0.2, 0) is 10.4 Å². The molecule has 0 aliphatic carbocycles. The molecule has 1 heterocycles. The number of nitrogens with zero attached hydrogens (tertiary/aromatic N) is 2. The molecule has 0 saturated carbocycles. The summed E-state index contributed by atoms with van der Waals surface area (Å²) in [7, 11) is 0. The third-order valence-electron chi connectivity index (χ3n) is 4.48. The number of hydrogen-bond donors (Lipinski definition) is 2. The van der Waals surface area contributed by atoms with Crippen molar-refractivity contribution < 1.29 is 9.90 Å². The highest BCUT2D eigenvalue weighted by Gasteiger charge is 2.28. The second-order valence-electron chi connectivity index (χ2n) is 6.78. The van der Waals surface area contributed by atoms with Gasteiger partial charge >= 0.3 is 0 Å². The van der Waals surface area contributed by atoms with Crippen molar-refractivity contribution in [3.8, 4) is 0 Å². The third kappa shape index (κ3) is 5.44. The molecule has 0 spiro atoms. The van der Waals surface area contributed by atoms with Crippen LogP contribution in [0.3, 0.4) is 0 Å². The maximum atomic E-state index is 11.7. The van der Waals surface area contributed by atoms with Crippen molar-refractivity contribution in [3.63, 3.8) is 0 Å². The number of amides is 1. The van der Waals surface area contributed by atoms with Gasteiger partial charge in [0.2, 0.25) is 5.91 Å². The van der Waals surface area contributed by atoms with Gasteiger partial charge in [-0.1, -0.05) is 35.9 Å². The molecule has 0 radical (unpaired) electrons. The SMILES string of the molecule is C=CCNC(=O)CN1CCN(CC(C)(O)c2ccc(C)cc2)CC1. The van der Waals surface area contributed by atoms with Gasteiger partial charge in [-0.05, 0) is 19.4 Å². The molecule has 1 atom stereocenters. The maximum absolute atomic E-state index is 11.7. The lowest BCUT2D eigenvalue weighted by molar-refractivity contribution is -0.122. The van der Waals surface area contributed by atoms with E-state index in [-0.39, 0.29) is 5.91 Å². The quantitative estimate of drug-likeness (QED) is 0.735. The average Bonchev–Trinajstić information content (AvgIpc) is 2.55. The summed E-state index contributed by atoms with van der Waals surface area (Å²) in [6.45, 7) is 12.4. The van der Waals surface area contributed by atoms with Crippen molar-refractivity contribution in [1.82, 2.24) is 15.1 Å². The smallest absolute Gasteiger partial charge is 0.234 e. The minimum absolute atomic E-state index is 0.0370. The minimum atomic E-state index is -0.864. The van der Waals surface area contributed by atoms with Crippen LogP contribution in [0.4, 0.5) is 0 Å². The molecular weight excluding hydrogens is 302 g/mol. The second-order valence-corrected chi connectivity index (χ2v) is 6.78. The molecule has 24 heavy (non-hydrogen) atoms. The van der Waals surface area contributed by atoms with E-state index in [1.54, 1.807) is 6.08 Å². The summed E-state index contributed by atoms with van der Waals surface area (Å²) < 4.78 is 0. The third-order valence-corrected chi connectivity index (χ3v) is 4.48. The summed E-state index contributed by atoms with van der Waals surface area (Å²) in [5.41, 5.74) is 1.27. The van der Waals surface area contributed by atoms with Crippen molar-refractivity contribution in [2.75, 3.05) is 45.8 Å². The summed E-state index contributed by atoms with van der Waals surface area (Å²) in [6.07, 6.45) is 1.68. The normalized spacial score (nSPS) is 18.8. The molecule has 1 saturated heterocycles.